The van der Waals surface area contributed by atoms with E-state index >= 15 is 0 Å². The molecule has 2 aromatic rings. The number of hydrogen-bond acceptors (Lipinski definition) is 3. The van der Waals surface area contributed by atoms with Gasteiger partial charge in [0.1, 0.15) is 0 Å². The van der Waals surface area contributed by atoms with Crippen molar-refractivity contribution in [1.82, 2.24) is 9.88 Å². The van der Waals surface area contributed by atoms with Crippen LogP contribution in [0.5, 0.6) is 0 Å². The van der Waals surface area contributed by atoms with Gasteiger partial charge in [0.25, 0.3) is 0 Å². The van der Waals surface area contributed by atoms with Crippen LogP contribution in [0.2, 0.25) is 0 Å². The average Bonchev–Trinajstić information content (AvgIpc) is 2.50. The molecule has 3 nitrogen and oxygen atoms in total. The fourth-order valence-electron chi connectivity index (χ4n) is 2.18. The highest BCUT2D eigenvalue weighted by molar-refractivity contribution is 5.21. The maximum absolute atomic E-state index is 13.3. The zero-order chi connectivity index (χ0) is 15.2. The second-order valence-corrected chi connectivity index (χ2v) is 4.96. The predicted molar refractivity (Wildman–Crippen MR) is 78.5 cm³/mol. The van der Waals surface area contributed by atoms with E-state index in [0.717, 1.165) is 24.7 Å². The molecule has 0 spiro atoms. The van der Waals surface area contributed by atoms with Gasteiger partial charge in [-0.25, -0.2) is 8.78 Å². The molecule has 2 rings (SSSR count). The first kappa shape index (κ1) is 15.5. The molecule has 1 heterocycles. The number of pyridine rings is 1. The first-order valence-electron chi connectivity index (χ1n) is 6.92. The molecule has 0 aliphatic rings. The van der Waals surface area contributed by atoms with E-state index in [2.05, 4.69) is 9.88 Å². The zero-order valence-corrected chi connectivity index (χ0v) is 12.0. The summed E-state index contributed by atoms with van der Waals surface area (Å²) in [6.07, 6.45) is 3.50. The van der Waals surface area contributed by atoms with Gasteiger partial charge in [-0.1, -0.05) is 13.0 Å². The van der Waals surface area contributed by atoms with Crippen LogP contribution in [0.25, 0.3) is 0 Å². The van der Waals surface area contributed by atoms with E-state index in [-0.39, 0.29) is 6.04 Å². The summed E-state index contributed by atoms with van der Waals surface area (Å²) in [7, 11) is 0. The molecule has 21 heavy (non-hydrogen) atoms. The van der Waals surface area contributed by atoms with E-state index in [1.165, 1.54) is 12.1 Å². The highest BCUT2D eigenvalue weighted by Crippen LogP contribution is 2.16. The lowest BCUT2D eigenvalue weighted by atomic mass is 10.1. The van der Waals surface area contributed by atoms with Crippen LogP contribution in [0, 0.1) is 11.6 Å². The smallest absolute Gasteiger partial charge is 0.159 e. The average molecular weight is 291 g/mol. The SMILES string of the molecule is CCN(Cc1ccncc1)CC(N)c1ccc(F)c(F)c1. The van der Waals surface area contributed by atoms with E-state index in [4.69, 9.17) is 5.73 Å². The maximum atomic E-state index is 13.3. The number of benzene rings is 1. The van der Waals surface area contributed by atoms with E-state index in [0.29, 0.717) is 12.1 Å². The lowest BCUT2D eigenvalue weighted by Crippen LogP contribution is -2.31. The summed E-state index contributed by atoms with van der Waals surface area (Å²) >= 11 is 0. The molecule has 0 saturated carbocycles. The molecule has 0 bridgehead atoms. The Bertz CT molecular complexity index is 575. The lowest BCUT2D eigenvalue weighted by molar-refractivity contribution is 0.262. The summed E-state index contributed by atoms with van der Waals surface area (Å²) in [4.78, 5) is 6.14. The van der Waals surface area contributed by atoms with E-state index in [1.54, 1.807) is 12.4 Å². The predicted octanol–water partition coefficient (Wildman–Crippen LogP) is 2.88. The van der Waals surface area contributed by atoms with Crippen LogP contribution in [0.4, 0.5) is 8.78 Å². The summed E-state index contributed by atoms with van der Waals surface area (Å²) in [5.41, 5.74) is 7.84. The van der Waals surface area contributed by atoms with Crippen LogP contribution in [0.3, 0.4) is 0 Å². The summed E-state index contributed by atoms with van der Waals surface area (Å²) in [5, 5.41) is 0. The summed E-state index contributed by atoms with van der Waals surface area (Å²) in [5.74, 6) is -1.71. The van der Waals surface area contributed by atoms with Gasteiger partial charge in [0.05, 0.1) is 0 Å². The lowest BCUT2D eigenvalue weighted by Gasteiger charge is -2.24. The molecule has 1 unspecified atom stereocenters. The number of nitrogens with two attached hydrogens (primary N) is 1. The van der Waals surface area contributed by atoms with Gasteiger partial charge >= 0.3 is 0 Å². The van der Waals surface area contributed by atoms with Gasteiger partial charge < -0.3 is 5.73 Å². The molecule has 1 atom stereocenters. The Hall–Kier alpha value is -1.85. The van der Waals surface area contributed by atoms with Crippen LogP contribution in [0.1, 0.15) is 24.1 Å². The Kier molecular flexibility index (Phi) is 5.36. The van der Waals surface area contributed by atoms with E-state index in [1.807, 2.05) is 19.1 Å². The van der Waals surface area contributed by atoms with E-state index < -0.39 is 11.6 Å². The second kappa shape index (κ2) is 7.24. The number of likely N-dealkylation sites (N-methyl/N-ethyl adjacent to an activating group) is 1. The van der Waals surface area contributed by atoms with Gasteiger partial charge in [0.2, 0.25) is 0 Å². The third kappa shape index (κ3) is 4.31. The molecule has 2 N–H and O–H groups in total. The van der Waals surface area contributed by atoms with Gasteiger partial charge in [-0.05, 0) is 41.9 Å². The fourth-order valence-corrected chi connectivity index (χ4v) is 2.18. The molecule has 1 aromatic heterocycles. The largest absolute Gasteiger partial charge is 0.323 e. The van der Waals surface area contributed by atoms with Crippen LogP contribution in [0.15, 0.2) is 42.7 Å². The number of aromatic nitrogens is 1. The van der Waals surface area contributed by atoms with Gasteiger partial charge in [0.15, 0.2) is 11.6 Å². The van der Waals surface area contributed by atoms with Crippen molar-refractivity contribution in [1.29, 1.82) is 0 Å². The molecule has 0 fully saturated rings. The third-order valence-electron chi connectivity index (χ3n) is 3.43. The van der Waals surface area contributed by atoms with Crippen molar-refractivity contribution in [2.24, 2.45) is 5.73 Å². The molecule has 0 radical (unpaired) electrons. The van der Waals surface area contributed by atoms with Crippen LogP contribution in [-0.2, 0) is 6.54 Å². The molecule has 0 aliphatic heterocycles. The van der Waals surface area contributed by atoms with E-state index in [9.17, 15) is 8.78 Å². The summed E-state index contributed by atoms with van der Waals surface area (Å²) in [6, 6.07) is 7.35. The second-order valence-electron chi connectivity index (χ2n) is 4.96. The van der Waals surface area contributed by atoms with Gasteiger partial charge in [-0.3, -0.25) is 9.88 Å². The Morgan fingerprint density at radius 2 is 1.86 bits per heavy atom. The Morgan fingerprint density at radius 1 is 1.14 bits per heavy atom. The maximum Gasteiger partial charge on any atom is 0.159 e. The Labute approximate surface area is 123 Å². The quantitative estimate of drug-likeness (QED) is 0.890. The summed E-state index contributed by atoms with van der Waals surface area (Å²) in [6.45, 7) is 4.18. The minimum atomic E-state index is -0.861. The van der Waals surface area contributed by atoms with Crippen molar-refractivity contribution in [3.63, 3.8) is 0 Å². The monoisotopic (exact) mass is 291 g/mol. The van der Waals surface area contributed by atoms with Crippen molar-refractivity contribution in [2.75, 3.05) is 13.1 Å². The molecule has 5 heteroatoms. The van der Waals surface area contributed by atoms with Crippen molar-refractivity contribution in [3.05, 3.63) is 65.5 Å². The zero-order valence-electron chi connectivity index (χ0n) is 12.0. The highest BCUT2D eigenvalue weighted by atomic mass is 19.2. The first-order chi connectivity index (χ1) is 10.1. The number of halogens is 2. The number of hydrogen-bond donors (Lipinski definition) is 1. The van der Waals surface area contributed by atoms with Crippen molar-refractivity contribution in [2.45, 2.75) is 19.5 Å². The highest BCUT2D eigenvalue weighted by Gasteiger charge is 2.13. The minimum Gasteiger partial charge on any atom is -0.323 e. The fraction of sp³-hybridized carbons (Fsp3) is 0.312. The topological polar surface area (TPSA) is 42.2 Å². The van der Waals surface area contributed by atoms with Crippen molar-refractivity contribution in [3.8, 4) is 0 Å². The molecular formula is C16H19F2N3. The third-order valence-corrected chi connectivity index (χ3v) is 3.43. The normalized spacial score (nSPS) is 12.6. The Morgan fingerprint density at radius 3 is 2.48 bits per heavy atom. The molecule has 0 saturated heterocycles. The van der Waals surface area contributed by atoms with Crippen LogP contribution < -0.4 is 5.73 Å². The van der Waals surface area contributed by atoms with Crippen molar-refractivity contribution >= 4 is 0 Å². The Balaban J connectivity index is 2.02. The van der Waals surface area contributed by atoms with Crippen LogP contribution in [-0.4, -0.2) is 23.0 Å². The van der Waals surface area contributed by atoms with Gasteiger partial charge in [-0.2, -0.15) is 0 Å². The number of nitrogens with zero attached hydrogens (tertiary/aromatic N) is 2. The molecule has 1 aromatic carbocycles. The number of rotatable bonds is 6. The minimum absolute atomic E-state index is 0.359. The molecule has 112 valence electrons. The van der Waals surface area contributed by atoms with Crippen LogP contribution >= 0.6 is 0 Å². The van der Waals surface area contributed by atoms with Crippen molar-refractivity contribution < 1.29 is 8.78 Å². The molecular weight excluding hydrogens is 272 g/mol. The summed E-state index contributed by atoms with van der Waals surface area (Å²) < 4.78 is 26.2. The molecule has 0 aliphatic carbocycles. The van der Waals surface area contributed by atoms with Gasteiger partial charge in [-0.15, -0.1) is 0 Å². The van der Waals surface area contributed by atoms with Gasteiger partial charge in [0, 0.05) is 31.5 Å². The first-order valence-corrected chi connectivity index (χ1v) is 6.92. The standard InChI is InChI=1S/C16H19F2N3/c1-2-21(10-12-5-7-20-8-6-12)11-16(19)13-3-4-14(17)15(18)9-13/h3-9,16H,2,10-11,19H2,1H3. The molecule has 0 amide bonds.